The Hall–Kier alpha value is -6.45. The molecule has 2 aromatic carbocycles. The fourth-order valence-corrected chi connectivity index (χ4v) is 11.0. The number of allylic oxidation sites excluding steroid dienone is 2. The fraction of sp³-hybridized carbons (Fsp3) is 0.527. The molecule has 8 amide bonds. The van der Waals surface area contributed by atoms with E-state index in [0.717, 1.165) is 74.0 Å². The normalized spacial score (nSPS) is 25.4. The van der Waals surface area contributed by atoms with Gasteiger partial charge in [0.15, 0.2) is 11.5 Å². The van der Waals surface area contributed by atoms with Crippen molar-refractivity contribution in [1.82, 2.24) is 46.6 Å². The van der Waals surface area contributed by atoms with Crippen molar-refractivity contribution >= 4 is 77.0 Å². The van der Waals surface area contributed by atoms with Crippen molar-refractivity contribution in [3.8, 4) is 27.8 Å². The number of aromatic nitrogens is 2. The Kier molecular flexibility index (Phi) is 29.7. The van der Waals surface area contributed by atoms with Crippen LogP contribution in [0.5, 0.6) is 17.2 Å². The second-order valence-electron chi connectivity index (χ2n) is 21.3. The molecule has 13 unspecified atom stereocenters. The first-order valence-electron chi connectivity index (χ1n) is 28.1. The summed E-state index contributed by atoms with van der Waals surface area (Å²) in [6.45, 7) is 1.95. The van der Waals surface area contributed by atoms with E-state index in [0.29, 0.717) is 27.3 Å². The van der Waals surface area contributed by atoms with E-state index in [1.807, 2.05) is 24.3 Å². The van der Waals surface area contributed by atoms with Gasteiger partial charge in [0, 0.05) is 63.7 Å². The maximum atomic E-state index is 14.6. The number of carbonyl (C=O) groups is 8. The zero-order chi connectivity index (χ0) is 65.1. The summed E-state index contributed by atoms with van der Waals surface area (Å²) >= 11 is 1.16. The van der Waals surface area contributed by atoms with E-state index in [2.05, 4.69) is 46.2 Å². The number of amides is 8. The number of hydrogen-bond donors (Lipinski definition) is 14. The molecule has 4 heterocycles. The van der Waals surface area contributed by atoms with E-state index in [4.69, 9.17) is 19.4 Å². The standard InChI is InChI=1S/C55H74N10O22S2.Na/c1-27-25-65-45(46(27)73)52(79)57-24-31(67)21-34(58-40(72)10-6-7-11-41-62-63-53(88-41)29-12-15-33(16-13-29)84-19-9-5-4-8-18-83-3)49(76)59-42(28(2)66)54(80)64-26-32(68)22-35(64)50(77)61-44(51(78)60-43(55(65)81)37(70)23-39(56)71)48(75)47(74)30-14-17-36(69)38(20-30)85-89-87-86-82;/h6-7,10-17,20,27-28,31-32,34-35,37,42-48,66-70,73-75,82H,4-5,8-9,18-19,21-26H2,1-3H3,(H2,56,71)(H,57,79)(H,58,72)(H,59,76)(H,60,78)(H,61,77);/q;+1/p-1/b10-6+,11-7+;/t27?,28?,31?,32?,34-,35?,37?,42?,43?,44?,45?,46?,47?,48?;/m0./s1. The number of hydrogen-bond acceptors (Lipinski definition) is 26. The molecular weight excluding hydrogens is 1240 g/mol. The number of benzene rings is 2. The average molecular weight is 1310 g/mol. The number of nitrogens with zero attached hydrogens (tertiary/aromatic N) is 4. The minimum absolute atomic E-state index is 0. The number of β-amino-alcohol motifs (C(OH)–C–C–N with tert-alkyl or cyclic N) is 1. The van der Waals surface area contributed by atoms with Crippen LogP contribution in [0.4, 0.5) is 0 Å². The molecule has 0 aliphatic carbocycles. The van der Waals surface area contributed by atoms with E-state index in [9.17, 15) is 84.5 Å². The first-order chi connectivity index (χ1) is 42.4. The largest absolute Gasteiger partial charge is 1.00 e. The Morgan fingerprint density at radius 1 is 0.844 bits per heavy atom. The molecule has 488 valence electrons. The topological polar surface area (TPSA) is 486 Å². The third-order valence-corrected chi connectivity index (χ3v) is 15.9. The number of nitrogens with one attached hydrogen (secondary N) is 5. The van der Waals surface area contributed by atoms with Crippen molar-refractivity contribution in [2.24, 2.45) is 11.7 Å². The SMILES string of the molecule is COCCCCCCOc1ccc(-c2nnc(/C=C/C=C/C(=O)N[C@H]3CC(O)CNC(=O)C4C(O)C(C)CN4C(=O)C(C(O)CC(N)=O)NC(=O)C(C(O)C(O)c4ccc(O)c(OSOO[O-])c4)NC(=O)C4CC(O)CN4C(=O)C(C(C)O)NC3=O)s2)cc1.[Na+]. The first-order valence-corrected chi connectivity index (χ1v) is 29.6. The number of nitrogens with two attached hydrogens (primary N) is 1. The van der Waals surface area contributed by atoms with Crippen molar-refractivity contribution in [2.75, 3.05) is 40.0 Å². The summed E-state index contributed by atoms with van der Waals surface area (Å²) in [6, 6.07) is -2.08. The zero-order valence-corrected chi connectivity index (χ0v) is 53.0. The van der Waals surface area contributed by atoms with Crippen LogP contribution in [0.15, 0.2) is 60.7 Å². The number of phenols is 1. The van der Waals surface area contributed by atoms with E-state index in [-0.39, 0.29) is 47.4 Å². The van der Waals surface area contributed by atoms with Gasteiger partial charge < -0.3 is 102 Å². The quantitative estimate of drug-likeness (QED) is 0.00754. The summed E-state index contributed by atoms with van der Waals surface area (Å²) in [7, 11) is 1.67. The second kappa shape index (κ2) is 36.0. The van der Waals surface area contributed by atoms with Crippen LogP contribution < -0.4 is 76.1 Å². The van der Waals surface area contributed by atoms with Crippen LogP contribution in [0.1, 0.15) is 75.5 Å². The first kappa shape index (κ1) is 74.3. The fourth-order valence-electron chi connectivity index (χ4n) is 9.94. The number of fused-ring (bicyclic) bond motifs is 2. The number of phenolic OH excluding ortho intramolecular Hbond substituents is 1. The number of aliphatic hydroxyl groups excluding tert-OH is 7. The Morgan fingerprint density at radius 2 is 1.52 bits per heavy atom. The summed E-state index contributed by atoms with van der Waals surface area (Å²) in [4.78, 5) is 114. The average Bonchev–Trinajstić information content (AvgIpc) is 2.20. The van der Waals surface area contributed by atoms with Gasteiger partial charge in [0.2, 0.25) is 47.3 Å². The minimum atomic E-state index is -2.54. The van der Waals surface area contributed by atoms with Crippen LogP contribution in [0, 0.1) is 5.92 Å². The Labute approximate surface area is 546 Å². The van der Waals surface area contributed by atoms with Gasteiger partial charge in [-0.25, -0.2) is 0 Å². The van der Waals surface area contributed by atoms with Crippen molar-refractivity contribution < 1.29 is 137 Å². The van der Waals surface area contributed by atoms with E-state index < -0.39 is 183 Å². The number of methoxy groups -OCH3 is 1. The van der Waals surface area contributed by atoms with Crippen molar-refractivity contribution in [3.05, 3.63) is 71.3 Å². The molecular formula is C55H73N10NaO22S2. The molecule has 0 saturated carbocycles. The summed E-state index contributed by atoms with van der Waals surface area (Å²) in [5, 5.41) is 124. The molecule has 90 heavy (non-hydrogen) atoms. The van der Waals surface area contributed by atoms with Crippen LogP contribution in [0.2, 0.25) is 0 Å². The van der Waals surface area contributed by atoms with Gasteiger partial charge in [0.05, 0.1) is 43.5 Å². The molecule has 3 aliphatic rings. The molecule has 1 aromatic heterocycles. The summed E-state index contributed by atoms with van der Waals surface area (Å²) in [5.41, 5.74) is 5.78. The maximum absolute atomic E-state index is 14.6. The molecule has 0 radical (unpaired) electrons. The molecule has 32 nitrogen and oxygen atoms in total. The van der Waals surface area contributed by atoms with Crippen LogP contribution >= 0.6 is 23.7 Å². The van der Waals surface area contributed by atoms with E-state index >= 15 is 0 Å². The summed E-state index contributed by atoms with van der Waals surface area (Å²) in [6.07, 6.45) is -6.90. The maximum Gasteiger partial charge on any atom is 1.00 e. The van der Waals surface area contributed by atoms with Crippen molar-refractivity contribution in [2.45, 2.75) is 138 Å². The third kappa shape index (κ3) is 20.8. The van der Waals surface area contributed by atoms with Gasteiger partial charge in [-0.3, -0.25) is 43.4 Å². The molecule has 0 bridgehead atoms. The van der Waals surface area contributed by atoms with Crippen molar-refractivity contribution in [3.63, 3.8) is 0 Å². The second-order valence-corrected chi connectivity index (χ2v) is 22.8. The molecule has 3 fully saturated rings. The molecule has 15 N–H and O–H groups in total. The number of ether oxygens (including phenoxy) is 2. The Morgan fingerprint density at radius 3 is 2.20 bits per heavy atom. The Balaban J connectivity index is 0.0000147. The molecule has 14 atom stereocenters. The van der Waals surface area contributed by atoms with E-state index in [1.54, 1.807) is 13.2 Å². The molecule has 6 rings (SSSR count). The van der Waals surface area contributed by atoms with Gasteiger partial charge in [-0.1, -0.05) is 42.9 Å². The van der Waals surface area contributed by atoms with Gasteiger partial charge in [-0.2, -0.15) is 0 Å². The molecule has 0 spiro atoms. The molecule has 35 heteroatoms. The van der Waals surface area contributed by atoms with Gasteiger partial charge in [0.1, 0.15) is 64.2 Å². The van der Waals surface area contributed by atoms with Crippen LogP contribution in [-0.4, -0.2) is 221 Å². The monoisotopic (exact) mass is 1310 g/mol. The molecule has 3 saturated heterocycles. The predicted octanol–water partition coefficient (Wildman–Crippen LogP) is -7.06. The van der Waals surface area contributed by atoms with Crippen LogP contribution in [-0.2, 0) is 52.5 Å². The molecule has 3 aliphatic heterocycles. The van der Waals surface area contributed by atoms with Gasteiger partial charge in [-0.15, -0.1) is 14.5 Å². The number of rotatable bonds is 24. The third-order valence-electron chi connectivity index (χ3n) is 14.6. The number of aliphatic hydroxyl groups is 7. The number of aromatic hydroxyl groups is 1. The molecule has 3 aromatic rings. The number of primary amides is 1. The summed E-state index contributed by atoms with van der Waals surface area (Å²) in [5.74, 6) is -11.4. The van der Waals surface area contributed by atoms with E-state index in [1.165, 1.54) is 30.4 Å². The van der Waals surface area contributed by atoms with Crippen LogP contribution in [0.3, 0.4) is 0 Å². The van der Waals surface area contributed by atoms with Crippen LogP contribution in [0.25, 0.3) is 16.6 Å². The van der Waals surface area contributed by atoms with Gasteiger partial charge in [0.25, 0.3) is 12.3 Å². The summed E-state index contributed by atoms with van der Waals surface area (Å²) < 4.78 is 20.0. The van der Waals surface area contributed by atoms with Gasteiger partial charge >= 0.3 is 29.6 Å². The smallest absolute Gasteiger partial charge is 0.691 e. The minimum Gasteiger partial charge on any atom is -0.691 e. The zero-order valence-electron chi connectivity index (χ0n) is 49.4. The van der Waals surface area contributed by atoms with Crippen molar-refractivity contribution in [1.29, 1.82) is 0 Å². The Bertz CT molecular complexity index is 2990. The number of unbranched alkanes of at least 4 members (excludes halogenated alkanes) is 3. The predicted molar refractivity (Wildman–Crippen MR) is 308 cm³/mol. The number of carbonyl (C=O) groups excluding carboxylic acids is 8. The van der Waals surface area contributed by atoms with Gasteiger partial charge in [-0.05, 0) is 74.2 Å².